The second-order valence-corrected chi connectivity index (χ2v) is 8.35. The van der Waals surface area contributed by atoms with Crippen LogP contribution in [0.25, 0.3) is 11.1 Å². The molecule has 1 N–H and O–H groups in total. The van der Waals surface area contributed by atoms with Gasteiger partial charge in [-0.1, -0.05) is 29.8 Å². The van der Waals surface area contributed by atoms with Crippen molar-refractivity contribution >= 4 is 22.8 Å². The van der Waals surface area contributed by atoms with Crippen molar-refractivity contribution in [2.24, 2.45) is 5.92 Å². The number of furan rings is 1. The average molecular weight is 407 g/mol. The summed E-state index contributed by atoms with van der Waals surface area (Å²) in [6.07, 6.45) is 2.52. The van der Waals surface area contributed by atoms with E-state index in [1.807, 2.05) is 13.8 Å². The number of piperidine rings is 1. The number of aryl methyl sites for hydroxylation is 4. The van der Waals surface area contributed by atoms with Crippen LogP contribution in [-0.2, 0) is 11.2 Å². The standard InChI is InChI=1S/C24H30N4O2/c1-15-5-7-19(8-6-15)9-12-25-23(29)20-10-13-28(14-11-20)22-21-16(2)17(3)30-24(21)27-18(4)26-22/h5-8,20H,9-14H2,1-4H3,(H,25,29). The third-order valence-corrected chi connectivity index (χ3v) is 6.12. The lowest BCUT2D eigenvalue weighted by Crippen LogP contribution is -2.41. The van der Waals surface area contributed by atoms with Gasteiger partial charge in [-0.25, -0.2) is 4.98 Å². The summed E-state index contributed by atoms with van der Waals surface area (Å²) in [6.45, 7) is 10.3. The van der Waals surface area contributed by atoms with Gasteiger partial charge < -0.3 is 14.6 Å². The van der Waals surface area contributed by atoms with Crippen molar-refractivity contribution < 1.29 is 9.21 Å². The van der Waals surface area contributed by atoms with Crippen LogP contribution in [0, 0.1) is 33.6 Å². The Labute approximate surface area is 177 Å². The first kappa shape index (κ1) is 20.4. The molecule has 1 aliphatic heterocycles. The molecule has 0 unspecified atom stereocenters. The monoisotopic (exact) mass is 406 g/mol. The Bertz CT molecular complexity index is 1050. The maximum absolute atomic E-state index is 12.6. The highest BCUT2D eigenvalue weighted by Crippen LogP contribution is 2.33. The second kappa shape index (κ2) is 8.46. The molecule has 2 aromatic heterocycles. The highest BCUT2D eigenvalue weighted by Gasteiger charge is 2.28. The van der Waals surface area contributed by atoms with E-state index in [0.717, 1.165) is 54.9 Å². The molecule has 0 radical (unpaired) electrons. The normalized spacial score (nSPS) is 15.0. The fourth-order valence-corrected chi connectivity index (χ4v) is 4.14. The molecule has 1 amide bonds. The molecule has 30 heavy (non-hydrogen) atoms. The number of rotatable bonds is 5. The van der Waals surface area contributed by atoms with Crippen LogP contribution in [0.2, 0.25) is 0 Å². The first-order chi connectivity index (χ1) is 14.4. The number of aromatic nitrogens is 2. The van der Waals surface area contributed by atoms with Crippen molar-refractivity contribution in [2.75, 3.05) is 24.5 Å². The number of nitrogens with zero attached hydrogens (tertiary/aromatic N) is 3. The Kier molecular flexibility index (Phi) is 5.75. The average Bonchev–Trinajstić information content (AvgIpc) is 3.02. The number of amides is 1. The molecule has 0 aliphatic carbocycles. The van der Waals surface area contributed by atoms with E-state index in [1.165, 1.54) is 11.1 Å². The van der Waals surface area contributed by atoms with Crippen LogP contribution in [0.5, 0.6) is 0 Å². The molecule has 158 valence electrons. The third-order valence-electron chi connectivity index (χ3n) is 6.12. The lowest BCUT2D eigenvalue weighted by atomic mass is 9.95. The van der Waals surface area contributed by atoms with E-state index >= 15 is 0 Å². The predicted molar refractivity (Wildman–Crippen MR) is 119 cm³/mol. The highest BCUT2D eigenvalue weighted by atomic mass is 16.3. The lowest BCUT2D eigenvalue weighted by Gasteiger charge is -2.32. The molecule has 0 atom stereocenters. The molecule has 1 aliphatic rings. The van der Waals surface area contributed by atoms with Gasteiger partial charge in [0.05, 0.1) is 5.39 Å². The Morgan fingerprint density at radius 2 is 1.80 bits per heavy atom. The molecule has 6 heteroatoms. The number of hydrogen-bond donors (Lipinski definition) is 1. The first-order valence-corrected chi connectivity index (χ1v) is 10.7. The minimum atomic E-state index is 0.0601. The number of hydrogen-bond acceptors (Lipinski definition) is 5. The highest BCUT2D eigenvalue weighted by molar-refractivity contribution is 5.90. The molecule has 3 aromatic rings. The smallest absolute Gasteiger partial charge is 0.231 e. The van der Waals surface area contributed by atoms with Crippen LogP contribution in [0.3, 0.4) is 0 Å². The minimum Gasteiger partial charge on any atom is -0.443 e. The van der Waals surface area contributed by atoms with E-state index in [2.05, 4.69) is 53.3 Å². The molecule has 1 fully saturated rings. The van der Waals surface area contributed by atoms with Crippen molar-refractivity contribution in [2.45, 2.75) is 47.0 Å². The number of carbonyl (C=O) groups is 1. The van der Waals surface area contributed by atoms with Gasteiger partial charge in [-0.05, 0) is 52.5 Å². The third kappa shape index (κ3) is 4.18. The lowest BCUT2D eigenvalue weighted by molar-refractivity contribution is -0.125. The van der Waals surface area contributed by atoms with Crippen LogP contribution in [-0.4, -0.2) is 35.5 Å². The first-order valence-electron chi connectivity index (χ1n) is 10.7. The Balaban J connectivity index is 1.35. The fourth-order valence-electron chi connectivity index (χ4n) is 4.14. The van der Waals surface area contributed by atoms with E-state index in [4.69, 9.17) is 9.40 Å². The van der Waals surface area contributed by atoms with Crippen LogP contribution in [0.4, 0.5) is 5.82 Å². The minimum absolute atomic E-state index is 0.0601. The fraction of sp³-hybridized carbons (Fsp3) is 0.458. The summed E-state index contributed by atoms with van der Waals surface area (Å²) in [5, 5.41) is 4.12. The summed E-state index contributed by atoms with van der Waals surface area (Å²) in [5.41, 5.74) is 4.26. The van der Waals surface area contributed by atoms with E-state index in [9.17, 15) is 4.79 Å². The van der Waals surface area contributed by atoms with Gasteiger partial charge >= 0.3 is 0 Å². The van der Waals surface area contributed by atoms with Gasteiger partial charge in [0, 0.05) is 31.1 Å². The summed E-state index contributed by atoms with van der Waals surface area (Å²) >= 11 is 0. The molecule has 3 heterocycles. The summed E-state index contributed by atoms with van der Waals surface area (Å²) in [6, 6.07) is 8.48. The summed E-state index contributed by atoms with van der Waals surface area (Å²) in [7, 11) is 0. The Morgan fingerprint density at radius 3 is 2.50 bits per heavy atom. The molecule has 0 saturated carbocycles. The summed E-state index contributed by atoms with van der Waals surface area (Å²) < 4.78 is 5.82. The zero-order valence-corrected chi connectivity index (χ0v) is 18.3. The van der Waals surface area contributed by atoms with Gasteiger partial charge in [0.2, 0.25) is 11.6 Å². The SMILES string of the molecule is Cc1ccc(CCNC(=O)C2CCN(c3nc(C)nc4oc(C)c(C)c34)CC2)cc1. The van der Waals surface area contributed by atoms with Gasteiger partial charge in [0.1, 0.15) is 17.4 Å². The molecule has 4 rings (SSSR count). The summed E-state index contributed by atoms with van der Waals surface area (Å²) in [4.78, 5) is 24.1. The number of carbonyl (C=O) groups excluding carboxylic acids is 1. The van der Waals surface area contributed by atoms with E-state index < -0.39 is 0 Å². The van der Waals surface area contributed by atoms with E-state index in [1.54, 1.807) is 0 Å². The quantitative estimate of drug-likeness (QED) is 0.693. The van der Waals surface area contributed by atoms with Crippen LogP contribution < -0.4 is 10.2 Å². The number of anilines is 1. The van der Waals surface area contributed by atoms with Crippen molar-refractivity contribution in [3.8, 4) is 0 Å². The van der Waals surface area contributed by atoms with Gasteiger partial charge in [-0.3, -0.25) is 4.79 Å². The van der Waals surface area contributed by atoms with Crippen LogP contribution in [0.1, 0.15) is 41.1 Å². The van der Waals surface area contributed by atoms with Gasteiger partial charge in [-0.2, -0.15) is 4.98 Å². The zero-order chi connectivity index (χ0) is 21.3. The van der Waals surface area contributed by atoms with E-state index in [-0.39, 0.29) is 11.8 Å². The zero-order valence-electron chi connectivity index (χ0n) is 18.3. The molecule has 1 aromatic carbocycles. The van der Waals surface area contributed by atoms with Crippen LogP contribution >= 0.6 is 0 Å². The molecule has 0 bridgehead atoms. The molecule has 6 nitrogen and oxygen atoms in total. The van der Waals surface area contributed by atoms with Crippen molar-refractivity contribution in [3.05, 3.63) is 52.5 Å². The number of fused-ring (bicyclic) bond motifs is 1. The largest absolute Gasteiger partial charge is 0.443 e. The van der Waals surface area contributed by atoms with Crippen LogP contribution in [0.15, 0.2) is 28.7 Å². The maximum Gasteiger partial charge on any atom is 0.231 e. The molecule has 1 saturated heterocycles. The van der Waals surface area contributed by atoms with Gasteiger partial charge in [0.25, 0.3) is 0 Å². The van der Waals surface area contributed by atoms with Gasteiger partial charge in [0.15, 0.2) is 0 Å². The topological polar surface area (TPSA) is 71.3 Å². The van der Waals surface area contributed by atoms with Crippen molar-refractivity contribution in [1.82, 2.24) is 15.3 Å². The number of nitrogens with one attached hydrogen (secondary N) is 1. The van der Waals surface area contributed by atoms with Gasteiger partial charge in [-0.15, -0.1) is 0 Å². The second-order valence-electron chi connectivity index (χ2n) is 8.35. The maximum atomic E-state index is 12.6. The molecular weight excluding hydrogens is 376 g/mol. The van der Waals surface area contributed by atoms with Crippen molar-refractivity contribution in [1.29, 1.82) is 0 Å². The predicted octanol–water partition coefficient (Wildman–Crippen LogP) is 4.03. The molecular formula is C24H30N4O2. The number of benzene rings is 1. The van der Waals surface area contributed by atoms with E-state index in [0.29, 0.717) is 18.1 Å². The Hall–Kier alpha value is -2.89. The summed E-state index contributed by atoms with van der Waals surface area (Å²) in [5.74, 6) is 2.76. The molecule has 0 spiro atoms. The van der Waals surface area contributed by atoms with Crippen molar-refractivity contribution in [3.63, 3.8) is 0 Å². The Morgan fingerprint density at radius 1 is 1.10 bits per heavy atom.